The fourth-order valence-corrected chi connectivity index (χ4v) is 1.79. The zero-order valence-electron chi connectivity index (χ0n) is 12.6. The summed E-state index contributed by atoms with van der Waals surface area (Å²) >= 11 is 0. The van der Waals surface area contributed by atoms with Gasteiger partial charge in [-0.05, 0) is 36.6 Å². The molecule has 0 bridgehead atoms. The normalized spacial score (nSPS) is 9.50. The molecule has 1 aromatic heterocycles. The van der Waals surface area contributed by atoms with Crippen LogP contribution >= 0.6 is 0 Å². The predicted octanol–water partition coefficient (Wildman–Crippen LogP) is 3.03. The van der Waals surface area contributed by atoms with Gasteiger partial charge < -0.3 is 5.32 Å². The fraction of sp³-hybridized carbons (Fsp3) is 0.222. The number of unbranched alkanes of at least 4 members (excludes halogenated alkanes) is 1. The van der Waals surface area contributed by atoms with Crippen LogP contribution < -0.4 is 10.6 Å². The zero-order valence-corrected chi connectivity index (χ0v) is 12.6. The summed E-state index contributed by atoms with van der Waals surface area (Å²) in [5.74, 6) is 3.50. The number of pyridine rings is 1. The topological polar surface area (TPSA) is 54.0 Å². The van der Waals surface area contributed by atoms with Gasteiger partial charge in [-0.3, -0.25) is 10.1 Å². The van der Waals surface area contributed by atoms with Gasteiger partial charge in [-0.1, -0.05) is 31.5 Å². The number of amides is 1. The van der Waals surface area contributed by atoms with Gasteiger partial charge in [0.1, 0.15) is 5.82 Å². The van der Waals surface area contributed by atoms with E-state index in [9.17, 15) is 4.79 Å². The third-order valence-electron chi connectivity index (χ3n) is 3.02. The molecule has 0 radical (unpaired) electrons. The van der Waals surface area contributed by atoms with E-state index in [-0.39, 0.29) is 5.91 Å². The molecule has 0 spiro atoms. The number of aromatic nitrogens is 1. The molecule has 1 amide bonds. The van der Waals surface area contributed by atoms with Gasteiger partial charge in [-0.15, -0.1) is 0 Å². The molecule has 2 N–H and O–H groups in total. The van der Waals surface area contributed by atoms with Crippen molar-refractivity contribution in [3.8, 4) is 12.0 Å². The highest BCUT2D eigenvalue weighted by molar-refractivity contribution is 5.95. The number of benzene rings is 1. The summed E-state index contributed by atoms with van der Waals surface area (Å²) in [7, 11) is 0. The van der Waals surface area contributed by atoms with Crippen LogP contribution in [0.3, 0.4) is 0 Å². The predicted molar refractivity (Wildman–Crippen MR) is 88.4 cm³/mol. The molecule has 0 fully saturated rings. The zero-order chi connectivity index (χ0) is 15.6. The van der Waals surface area contributed by atoms with Crippen LogP contribution in [0.1, 0.15) is 35.7 Å². The maximum Gasteiger partial charge on any atom is 0.262 e. The van der Waals surface area contributed by atoms with Crippen molar-refractivity contribution in [2.45, 2.75) is 19.8 Å². The van der Waals surface area contributed by atoms with E-state index in [1.807, 2.05) is 30.3 Å². The first-order valence-corrected chi connectivity index (χ1v) is 7.36. The first-order chi connectivity index (χ1) is 10.8. The Morgan fingerprint density at radius 1 is 1.18 bits per heavy atom. The van der Waals surface area contributed by atoms with Gasteiger partial charge in [0.2, 0.25) is 0 Å². The van der Waals surface area contributed by atoms with Crippen molar-refractivity contribution in [3.05, 3.63) is 59.8 Å². The Labute approximate surface area is 131 Å². The molecule has 22 heavy (non-hydrogen) atoms. The monoisotopic (exact) mass is 293 g/mol. The number of carbonyl (C=O) groups is 1. The molecule has 0 atom stereocenters. The minimum atomic E-state index is -0.209. The molecule has 4 nitrogen and oxygen atoms in total. The highest BCUT2D eigenvalue weighted by Crippen LogP contribution is 2.04. The molecule has 0 unspecified atom stereocenters. The molecule has 112 valence electrons. The third-order valence-corrected chi connectivity index (χ3v) is 3.02. The Kier molecular flexibility index (Phi) is 6.01. The Hall–Kier alpha value is -2.80. The quantitative estimate of drug-likeness (QED) is 0.506. The summed E-state index contributed by atoms with van der Waals surface area (Å²) < 4.78 is 0. The molecule has 0 aliphatic heterocycles. The number of rotatable bonds is 5. The SMILES string of the molecule is CCCCNc1ccc(C#CNC(=O)c2ccccc2)cn1. The summed E-state index contributed by atoms with van der Waals surface area (Å²) in [6.07, 6.45) is 3.96. The summed E-state index contributed by atoms with van der Waals surface area (Å²) in [6, 6.07) is 15.4. The van der Waals surface area contributed by atoms with Crippen LogP contribution in [-0.4, -0.2) is 17.4 Å². The smallest absolute Gasteiger partial charge is 0.262 e. The van der Waals surface area contributed by atoms with Crippen LogP contribution in [0.2, 0.25) is 0 Å². The van der Waals surface area contributed by atoms with Crippen molar-refractivity contribution in [2.75, 3.05) is 11.9 Å². The second kappa shape index (κ2) is 8.48. The van der Waals surface area contributed by atoms with Gasteiger partial charge >= 0.3 is 0 Å². The number of hydrogen-bond donors (Lipinski definition) is 2. The Morgan fingerprint density at radius 3 is 2.68 bits per heavy atom. The Morgan fingerprint density at radius 2 is 2.00 bits per heavy atom. The van der Waals surface area contributed by atoms with Crippen molar-refractivity contribution >= 4 is 11.7 Å². The first kappa shape index (κ1) is 15.6. The van der Waals surface area contributed by atoms with Gasteiger partial charge in [0, 0.05) is 29.9 Å². The van der Waals surface area contributed by atoms with Gasteiger partial charge in [-0.25, -0.2) is 4.98 Å². The summed E-state index contributed by atoms with van der Waals surface area (Å²) in [5.41, 5.74) is 1.35. The van der Waals surface area contributed by atoms with E-state index in [0.29, 0.717) is 5.56 Å². The van der Waals surface area contributed by atoms with E-state index in [1.54, 1.807) is 18.3 Å². The summed E-state index contributed by atoms with van der Waals surface area (Å²) in [6.45, 7) is 3.07. The standard InChI is InChI=1S/C18H19N3O/c1-2-3-12-19-17-10-9-15(14-21-17)11-13-20-18(22)16-7-5-4-6-8-16/h4-10,14H,2-3,12H2,1H3,(H,19,21)(H,20,22). The number of nitrogens with one attached hydrogen (secondary N) is 2. The molecule has 0 aliphatic rings. The molecule has 0 saturated heterocycles. The maximum absolute atomic E-state index is 11.8. The number of nitrogens with zero attached hydrogens (tertiary/aromatic N) is 1. The van der Waals surface area contributed by atoms with E-state index in [2.05, 4.69) is 34.5 Å². The van der Waals surface area contributed by atoms with Crippen molar-refractivity contribution in [1.29, 1.82) is 0 Å². The molecular formula is C18H19N3O. The van der Waals surface area contributed by atoms with Gasteiger partial charge in [-0.2, -0.15) is 0 Å². The van der Waals surface area contributed by atoms with Crippen LogP contribution in [0.5, 0.6) is 0 Å². The van der Waals surface area contributed by atoms with E-state index >= 15 is 0 Å². The molecule has 0 aliphatic carbocycles. The molecule has 1 aromatic carbocycles. The molecule has 0 saturated carbocycles. The maximum atomic E-state index is 11.8. The average molecular weight is 293 g/mol. The van der Waals surface area contributed by atoms with Crippen molar-refractivity contribution in [1.82, 2.24) is 10.3 Å². The number of anilines is 1. The van der Waals surface area contributed by atoms with Crippen LogP contribution in [0.15, 0.2) is 48.7 Å². The lowest BCUT2D eigenvalue weighted by atomic mass is 10.2. The molecular weight excluding hydrogens is 274 g/mol. The molecule has 2 rings (SSSR count). The van der Waals surface area contributed by atoms with Crippen molar-refractivity contribution in [2.24, 2.45) is 0 Å². The van der Waals surface area contributed by atoms with Crippen LogP contribution in [-0.2, 0) is 0 Å². The average Bonchev–Trinajstić information content (AvgIpc) is 2.57. The first-order valence-electron chi connectivity index (χ1n) is 7.36. The molecule has 2 aromatic rings. The molecule has 1 heterocycles. The highest BCUT2D eigenvalue weighted by atomic mass is 16.1. The van der Waals surface area contributed by atoms with E-state index in [1.165, 1.54) is 0 Å². The number of carbonyl (C=O) groups excluding carboxylic acids is 1. The van der Waals surface area contributed by atoms with Gasteiger partial charge in [0.05, 0.1) is 0 Å². The lowest BCUT2D eigenvalue weighted by molar-refractivity contribution is 0.0973. The number of hydrogen-bond acceptors (Lipinski definition) is 3. The van der Waals surface area contributed by atoms with Crippen LogP contribution in [0.25, 0.3) is 0 Å². The highest BCUT2D eigenvalue weighted by Gasteiger charge is 2.00. The minimum absolute atomic E-state index is 0.209. The summed E-state index contributed by atoms with van der Waals surface area (Å²) in [4.78, 5) is 16.1. The second-order valence-electron chi connectivity index (χ2n) is 4.78. The van der Waals surface area contributed by atoms with Gasteiger partial charge in [0.15, 0.2) is 0 Å². The van der Waals surface area contributed by atoms with E-state index < -0.39 is 0 Å². The van der Waals surface area contributed by atoms with E-state index in [0.717, 1.165) is 30.8 Å². The minimum Gasteiger partial charge on any atom is -0.370 e. The van der Waals surface area contributed by atoms with Crippen molar-refractivity contribution < 1.29 is 4.79 Å². The Balaban J connectivity index is 1.88. The van der Waals surface area contributed by atoms with Gasteiger partial charge in [0.25, 0.3) is 5.91 Å². The molecule has 4 heteroatoms. The lowest BCUT2D eigenvalue weighted by Gasteiger charge is -2.03. The Bertz CT molecular complexity index is 654. The van der Waals surface area contributed by atoms with Crippen LogP contribution in [0.4, 0.5) is 5.82 Å². The van der Waals surface area contributed by atoms with Crippen LogP contribution in [0, 0.1) is 12.0 Å². The third kappa shape index (κ3) is 4.95. The second-order valence-corrected chi connectivity index (χ2v) is 4.78. The van der Waals surface area contributed by atoms with Crippen molar-refractivity contribution in [3.63, 3.8) is 0 Å². The lowest BCUT2D eigenvalue weighted by Crippen LogP contribution is -2.17. The largest absolute Gasteiger partial charge is 0.370 e. The summed E-state index contributed by atoms with van der Waals surface area (Å²) in [5, 5.41) is 5.80. The fourth-order valence-electron chi connectivity index (χ4n) is 1.79. The van der Waals surface area contributed by atoms with E-state index in [4.69, 9.17) is 0 Å².